The van der Waals surface area contributed by atoms with Gasteiger partial charge in [-0.25, -0.2) is 0 Å². The predicted molar refractivity (Wildman–Crippen MR) is 73.9 cm³/mol. The third-order valence-corrected chi connectivity index (χ3v) is 3.03. The van der Waals surface area contributed by atoms with Gasteiger partial charge in [0, 0.05) is 16.2 Å². The van der Waals surface area contributed by atoms with Gasteiger partial charge in [0.05, 0.1) is 24.1 Å². The molecule has 0 aliphatic rings. The fourth-order valence-corrected chi connectivity index (χ4v) is 1.91. The lowest BCUT2D eigenvalue weighted by Gasteiger charge is -2.09. The molecule has 3 N–H and O–H groups in total. The summed E-state index contributed by atoms with van der Waals surface area (Å²) < 4.78 is 0.684. The summed E-state index contributed by atoms with van der Waals surface area (Å²) in [4.78, 5) is 15.9. The van der Waals surface area contributed by atoms with E-state index in [0.29, 0.717) is 15.7 Å². The van der Waals surface area contributed by atoms with Crippen LogP contribution in [0.4, 0.5) is 5.69 Å². The maximum Gasteiger partial charge on any atom is 0.259 e. The summed E-state index contributed by atoms with van der Waals surface area (Å²) in [5.74, 6) is -0.586. The Kier molecular flexibility index (Phi) is 4.13. The number of phenolic OH excluding ortho intramolecular Hbond substituents is 1. The Bertz CT molecular complexity index is 617. The van der Waals surface area contributed by atoms with Crippen molar-refractivity contribution in [3.8, 4) is 5.75 Å². The summed E-state index contributed by atoms with van der Waals surface area (Å²) >= 11 is 3.23. The van der Waals surface area contributed by atoms with Crippen LogP contribution < -0.4 is 5.32 Å². The van der Waals surface area contributed by atoms with Crippen molar-refractivity contribution >= 4 is 27.5 Å². The Morgan fingerprint density at radius 2 is 2.16 bits per heavy atom. The molecular formula is C13H11BrN2O3. The van der Waals surface area contributed by atoms with Crippen LogP contribution in [0.3, 0.4) is 0 Å². The van der Waals surface area contributed by atoms with Gasteiger partial charge in [0.25, 0.3) is 5.91 Å². The van der Waals surface area contributed by atoms with E-state index >= 15 is 0 Å². The van der Waals surface area contributed by atoms with Gasteiger partial charge in [0.15, 0.2) is 0 Å². The predicted octanol–water partition coefficient (Wildman–Crippen LogP) is 2.29. The van der Waals surface area contributed by atoms with Crippen molar-refractivity contribution in [2.24, 2.45) is 0 Å². The number of carbonyl (C=O) groups is 1. The highest BCUT2D eigenvalue weighted by atomic mass is 79.9. The summed E-state index contributed by atoms with van der Waals surface area (Å²) in [6.07, 6.45) is 2.97. The highest BCUT2D eigenvalue weighted by Gasteiger charge is 2.13. The first kappa shape index (κ1) is 13.5. The fraction of sp³-hybridized carbons (Fsp3) is 0.0769. The van der Waals surface area contributed by atoms with Crippen LogP contribution in [0.5, 0.6) is 5.75 Å². The fourth-order valence-electron chi connectivity index (χ4n) is 1.55. The molecule has 6 heteroatoms. The molecule has 1 aromatic heterocycles. The lowest BCUT2D eigenvalue weighted by atomic mass is 10.1. The number of halogens is 1. The van der Waals surface area contributed by atoms with E-state index in [1.54, 1.807) is 12.1 Å². The van der Waals surface area contributed by atoms with E-state index in [4.69, 9.17) is 5.11 Å². The number of aromatic nitrogens is 1. The number of benzene rings is 1. The highest BCUT2D eigenvalue weighted by Crippen LogP contribution is 2.23. The second-order valence-corrected chi connectivity index (χ2v) is 4.72. The first-order valence-corrected chi connectivity index (χ1v) is 6.24. The van der Waals surface area contributed by atoms with E-state index in [1.807, 2.05) is 0 Å². The number of nitrogens with one attached hydrogen (secondary N) is 1. The van der Waals surface area contributed by atoms with Crippen LogP contribution in [0, 0.1) is 0 Å². The molecule has 98 valence electrons. The van der Waals surface area contributed by atoms with E-state index < -0.39 is 5.91 Å². The number of anilines is 1. The molecule has 1 amide bonds. The summed E-state index contributed by atoms with van der Waals surface area (Å²) in [7, 11) is 0. The minimum absolute atomic E-state index is 0.116. The van der Waals surface area contributed by atoms with E-state index in [-0.39, 0.29) is 17.9 Å². The first-order valence-electron chi connectivity index (χ1n) is 5.45. The van der Waals surface area contributed by atoms with Crippen molar-refractivity contribution in [2.45, 2.75) is 6.61 Å². The molecule has 1 aromatic carbocycles. The molecule has 0 aliphatic heterocycles. The molecule has 5 nitrogen and oxygen atoms in total. The normalized spacial score (nSPS) is 10.2. The van der Waals surface area contributed by atoms with Gasteiger partial charge in [-0.3, -0.25) is 9.78 Å². The molecule has 1 heterocycles. The van der Waals surface area contributed by atoms with Crippen molar-refractivity contribution < 1.29 is 15.0 Å². The Balaban J connectivity index is 2.28. The molecule has 0 aliphatic carbocycles. The van der Waals surface area contributed by atoms with Gasteiger partial charge in [-0.05, 0) is 24.3 Å². The Hall–Kier alpha value is -1.92. The zero-order chi connectivity index (χ0) is 13.8. The van der Waals surface area contributed by atoms with Crippen molar-refractivity contribution in [1.82, 2.24) is 4.98 Å². The highest BCUT2D eigenvalue weighted by molar-refractivity contribution is 9.10. The number of hydrogen-bond acceptors (Lipinski definition) is 4. The Morgan fingerprint density at radius 3 is 2.89 bits per heavy atom. The first-order chi connectivity index (χ1) is 9.11. The standard InChI is InChI=1S/C13H11BrN2O3/c14-9-1-2-12(18)10(5-9)13(19)16-11-6-15-4-3-8(11)7-17/h1-6,17-18H,7H2,(H,16,19). The largest absolute Gasteiger partial charge is 0.507 e. The third kappa shape index (κ3) is 3.10. The number of aliphatic hydroxyl groups excluding tert-OH is 1. The Labute approximate surface area is 118 Å². The zero-order valence-corrected chi connectivity index (χ0v) is 11.4. The Morgan fingerprint density at radius 1 is 1.37 bits per heavy atom. The van der Waals surface area contributed by atoms with Crippen molar-refractivity contribution in [3.05, 3.63) is 52.3 Å². The molecule has 0 fully saturated rings. The average Bonchev–Trinajstić information content (AvgIpc) is 2.42. The van der Waals surface area contributed by atoms with Crippen LogP contribution in [0.1, 0.15) is 15.9 Å². The summed E-state index contributed by atoms with van der Waals surface area (Å²) in [5.41, 5.74) is 1.11. The van der Waals surface area contributed by atoms with Crippen LogP contribution in [0.25, 0.3) is 0 Å². The number of hydrogen-bond donors (Lipinski definition) is 3. The van der Waals surface area contributed by atoms with Crippen molar-refractivity contribution in [1.29, 1.82) is 0 Å². The van der Waals surface area contributed by atoms with E-state index in [1.165, 1.54) is 24.5 Å². The number of aromatic hydroxyl groups is 1. The topological polar surface area (TPSA) is 82.5 Å². The van der Waals surface area contributed by atoms with Crippen LogP contribution in [-0.4, -0.2) is 21.1 Å². The van der Waals surface area contributed by atoms with Gasteiger partial charge < -0.3 is 15.5 Å². The molecule has 19 heavy (non-hydrogen) atoms. The van der Waals surface area contributed by atoms with Gasteiger partial charge in [-0.1, -0.05) is 15.9 Å². The second-order valence-electron chi connectivity index (χ2n) is 3.81. The third-order valence-electron chi connectivity index (χ3n) is 2.53. The van der Waals surface area contributed by atoms with Crippen LogP contribution in [0.2, 0.25) is 0 Å². The van der Waals surface area contributed by atoms with E-state index in [9.17, 15) is 9.90 Å². The van der Waals surface area contributed by atoms with Gasteiger partial charge >= 0.3 is 0 Å². The number of amides is 1. The van der Waals surface area contributed by atoms with Crippen LogP contribution in [-0.2, 0) is 6.61 Å². The maximum atomic E-state index is 12.1. The molecule has 0 radical (unpaired) electrons. The lowest BCUT2D eigenvalue weighted by molar-refractivity contribution is 0.102. The summed E-state index contributed by atoms with van der Waals surface area (Å²) in [6, 6.07) is 6.18. The van der Waals surface area contributed by atoms with Gasteiger partial charge in [0.1, 0.15) is 5.75 Å². The molecule has 0 atom stereocenters. The average molecular weight is 323 g/mol. The molecule has 0 saturated carbocycles. The van der Waals surface area contributed by atoms with Gasteiger partial charge in [-0.2, -0.15) is 0 Å². The number of carbonyl (C=O) groups excluding carboxylic acids is 1. The minimum Gasteiger partial charge on any atom is -0.507 e. The van der Waals surface area contributed by atoms with E-state index in [2.05, 4.69) is 26.2 Å². The zero-order valence-electron chi connectivity index (χ0n) is 9.80. The second kappa shape index (κ2) is 5.81. The molecule has 2 rings (SSSR count). The van der Waals surface area contributed by atoms with Crippen molar-refractivity contribution in [3.63, 3.8) is 0 Å². The quantitative estimate of drug-likeness (QED) is 0.809. The van der Waals surface area contributed by atoms with E-state index in [0.717, 1.165) is 0 Å². The number of nitrogens with zero attached hydrogens (tertiary/aromatic N) is 1. The number of rotatable bonds is 3. The number of pyridine rings is 1. The van der Waals surface area contributed by atoms with Gasteiger partial charge in [0.2, 0.25) is 0 Å². The smallest absolute Gasteiger partial charge is 0.259 e. The van der Waals surface area contributed by atoms with Crippen molar-refractivity contribution in [2.75, 3.05) is 5.32 Å². The lowest BCUT2D eigenvalue weighted by Crippen LogP contribution is -2.13. The molecule has 0 bridgehead atoms. The van der Waals surface area contributed by atoms with Crippen LogP contribution in [0.15, 0.2) is 41.1 Å². The van der Waals surface area contributed by atoms with Crippen LogP contribution >= 0.6 is 15.9 Å². The molecule has 2 aromatic rings. The molecular weight excluding hydrogens is 312 g/mol. The minimum atomic E-state index is -0.471. The SMILES string of the molecule is O=C(Nc1cnccc1CO)c1cc(Br)ccc1O. The summed E-state index contributed by atoms with van der Waals surface area (Å²) in [6.45, 7) is -0.206. The monoisotopic (exact) mass is 322 g/mol. The summed E-state index contributed by atoms with van der Waals surface area (Å²) in [5, 5.41) is 21.4. The number of aliphatic hydroxyl groups is 1. The maximum absolute atomic E-state index is 12.1. The number of phenols is 1. The molecule has 0 saturated heterocycles. The molecule has 0 spiro atoms. The molecule has 0 unspecified atom stereocenters. The van der Waals surface area contributed by atoms with Gasteiger partial charge in [-0.15, -0.1) is 0 Å².